The molecule has 0 unspecified atom stereocenters. The third-order valence-corrected chi connectivity index (χ3v) is 1.96. The van der Waals surface area contributed by atoms with Gasteiger partial charge in [0, 0.05) is 0 Å². The Hall–Kier alpha value is -1.11. The van der Waals surface area contributed by atoms with Gasteiger partial charge in [-0.1, -0.05) is 6.08 Å². The van der Waals surface area contributed by atoms with Crippen LogP contribution >= 0.6 is 0 Å². The molecule has 1 atom stereocenters. The molecule has 0 amide bonds. The van der Waals surface area contributed by atoms with Crippen molar-refractivity contribution in [2.24, 2.45) is 0 Å². The highest BCUT2D eigenvalue weighted by atomic mass is 19.4. The van der Waals surface area contributed by atoms with E-state index >= 15 is 0 Å². The summed E-state index contributed by atoms with van der Waals surface area (Å²) in [4.78, 5) is 0. The molecule has 0 bridgehead atoms. The number of rotatable bonds is 7. The van der Waals surface area contributed by atoms with Crippen LogP contribution in [0.5, 0.6) is 0 Å². The molecule has 0 saturated carbocycles. The molecule has 0 fully saturated rings. The van der Waals surface area contributed by atoms with Gasteiger partial charge in [0.05, 0.1) is 6.61 Å². The zero-order valence-electron chi connectivity index (χ0n) is 10.2. The van der Waals surface area contributed by atoms with Crippen LogP contribution in [0.15, 0.2) is 12.7 Å². The first-order valence-electron chi connectivity index (χ1n) is 4.98. The predicted octanol–water partition coefficient (Wildman–Crippen LogP) is 4.22. The fourth-order valence-corrected chi connectivity index (χ4v) is 0.875. The molecule has 22 heavy (non-hydrogen) atoms. The highest BCUT2D eigenvalue weighted by molar-refractivity contribution is 4.89. The lowest BCUT2D eigenvalue weighted by Gasteiger charge is -2.34. The minimum absolute atomic E-state index is 0.735. The van der Waals surface area contributed by atoms with Crippen LogP contribution in [0, 0.1) is 0 Å². The Morgan fingerprint density at radius 1 is 0.773 bits per heavy atom. The molecule has 0 aromatic heterocycles. The van der Waals surface area contributed by atoms with Crippen LogP contribution in [0.1, 0.15) is 0 Å². The standard InChI is InChI=1S/C9H7F11O2/c1-2-3-21-4-5(10,7(13,14)15)22-9(19,20)6(11,12)8(16,17)18/h2H,1,3-4H2/t5-/m0/s1. The topological polar surface area (TPSA) is 18.5 Å². The van der Waals surface area contributed by atoms with Gasteiger partial charge in [0.1, 0.15) is 6.61 Å². The summed E-state index contributed by atoms with van der Waals surface area (Å²) in [5, 5.41) is 0. The first-order chi connectivity index (χ1) is 9.52. The second kappa shape index (κ2) is 6.18. The largest absolute Gasteiger partial charge is 0.462 e. The van der Waals surface area contributed by atoms with E-state index in [9.17, 15) is 48.3 Å². The Kier molecular flexibility index (Phi) is 5.87. The second-order valence-corrected chi connectivity index (χ2v) is 3.72. The number of halogens is 11. The molecule has 0 N–H and O–H groups in total. The van der Waals surface area contributed by atoms with E-state index in [-0.39, 0.29) is 0 Å². The van der Waals surface area contributed by atoms with Gasteiger partial charge in [-0.3, -0.25) is 4.74 Å². The van der Waals surface area contributed by atoms with Gasteiger partial charge in [-0.05, 0) is 0 Å². The van der Waals surface area contributed by atoms with E-state index in [2.05, 4.69) is 16.1 Å². The molecule has 13 heteroatoms. The van der Waals surface area contributed by atoms with Crippen molar-refractivity contribution in [3.05, 3.63) is 12.7 Å². The first-order valence-corrected chi connectivity index (χ1v) is 4.98. The molecule has 0 saturated heterocycles. The molecular weight excluding hydrogens is 349 g/mol. The summed E-state index contributed by atoms with van der Waals surface area (Å²) in [6.07, 6.45) is -19.5. The Bertz CT molecular complexity index is 386. The quantitative estimate of drug-likeness (QED) is 0.386. The lowest BCUT2D eigenvalue weighted by atomic mass is 10.2. The Morgan fingerprint density at radius 3 is 1.55 bits per heavy atom. The second-order valence-electron chi connectivity index (χ2n) is 3.72. The van der Waals surface area contributed by atoms with Crippen LogP contribution in [0.4, 0.5) is 48.3 Å². The van der Waals surface area contributed by atoms with Gasteiger partial charge < -0.3 is 4.74 Å². The van der Waals surface area contributed by atoms with Crippen LogP contribution in [0.2, 0.25) is 0 Å². The normalized spacial score (nSPS) is 17.2. The molecule has 0 heterocycles. The van der Waals surface area contributed by atoms with Crippen molar-refractivity contribution in [3.8, 4) is 0 Å². The first kappa shape index (κ1) is 20.9. The molecule has 132 valence electrons. The Labute approximate surface area is 115 Å². The molecule has 0 aliphatic rings. The number of alkyl halides is 11. The summed E-state index contributed by atoms with van der Waals surface area (Å²) >= 11 is 0. The van der Waals surface area contributed by atoms with Crippen molar-refractivity contribution in [3.63, 3.8) is 0 Å². The number of ether oxygens (including phenoxy) is 2. The minimum atomic E-state index is -7.07. The highest BCUT2D eigenvalue weighted by Gasteiger charge is 2.78. The third kappa shape index (κ3) is 4.21. The predicted molar refractivity (Wildman–Crippen MR) is 47.9 cm³/mol. The molecule has 2 nitrogen and oxygen atoms in total. The van der Waals surface area contributed by atoms with Gasteiger partial charge in [-0.2, -0.15) is 48.3 Å². The maximum atomic E-state index is 13.3. The monoisotopic (exact) mass is 356 g/mol. The van der Waals surface area contributed by atoms with Crippen LogP contribution < -0.4 is 0 Å². The van der Waals surface area contributed by atoms with Crippen LogP contribution in [0.25, 0.3) is 0 Å². The molecule has 0 rings (SSSR count). The van der Waals surface area contributed by atoms with E-state index in [1.165, 1.54) is 0 Å². The zero-order chi connectivity index (χ0) is 18.0. The lowest BCUT2D eigenvalue weighted by Crippen LogP contribution is -2.60. The maximum Gasteiger partial charge on any atom is 0.462 e. The summed E-state index contributed by atoms with van der Waals surface area (Å²) in [6.45, 7) is -0.349. The molecule has 0 aliphatic heterocycles. The third-order valence-electron chi connectivity index (χ3n) is 1.96. The van der Waals surface area contributed by atoms with Gasteiger partial charge >= 0.3 is 30.2 Å². The van der Waals surface area contributed by atoms with Crippen molar-refractivity contribution in [2.75, 3.05) is 13.2 Å². The van der Waals surface area contributed by atoms with E-state index in [0.29, 0.717) is 0 Å². The molecule has 0 spiro atoms. The van der Waals surface area contributed by atoms with Crippen LogP contribution in [-0.4, -0.2) is 43.5 Å². The summed E-state index contributed by atoms with van der Waals surface area (Å²) in [6, 6.07) is 0. The molecule has 0 aromatic carbocycles. The maximum absolute atomic E-state index is 13.3. The van der Waals surface area contributed by atoms with Crippen molar-refractivity contribution >= 4 is 0 Å². The molecule has 0 aromatic rings. The Morgan fingerprint density at radius 2 is 1.23 bits per heavy atom. The van der Waals surface area contributed by atoms with Crippen molar-refractivity contribution in [2.45, 2.75) is 30.2 Å². The smallest absolute Gasteiger partial charge is 0.371 e. The van der Waals surface area contributed by atoms with Gasteiger partial charge in [-0.25, -0.2) is 0 Å². The fourth-order valence-electron chi connectivity index (χ4n) is 0.875. The molecule has 0 radical (unpaired) electrons. The summed E-state index contributed by atoms with van der Waals surface area (Å²) in [7, 11) is 0. The van der Waals surface area contributed by atoms with Crippen LogP contribution in [0.3, 0.4) is 0 Å². The molecule has 0 aliphatic carbocycles. The van der Waals surface area contributed by atoms with Gasteiger partial charge in [0.25, 0.3) is 0 Å². The van der Waals surface area contributed by atoms with E-state index in [4.69, 9.17) is 0 Å². The van der Waals surface area contributed by atoms with Crippen molar-refractivity contribution in [1.29, 1.82) is 0 Å². The average molecular weight is 356 g/mol. The van der Waals surface area contributed by atoms with Crippen molar-refractivity contribution in [1.82, 2.24) is 0 Å². The Balaban J connectivity index is 5.51. The highest BCUT2D eigenvalue weighted by Crippen LogP contribution is 2.50. The summed E-state index contributed by atoms with van der Waals surface area (Å²) in [5.74, 6) is -12.7. The summed E-state index contributed by atoms with van der Waals surface area (Å²) in [5.41, 5.74) is 0. The minimum Gasteiger partial charge on any atom is -0.371 e. The van der Waals surface area contributed by atoms with Crippen LogP contribution in [-0.2, 0) is 9.47 Å². The SMILES string of the molecule is C=CCOC[C@](F)(OC(F)(F)C(F)(F)C(F)(F)F)C(F)(F)F. The van der Waals surface area contributed by atoms with Gasteiger partial charge in [0.2, 0.25) is 0 Å². The van der Waals surface area contributed by atoms with Gasteiger partial charge in [0.15, 0.2) is 0 Å². The van der Waals surface area contributed by atoms with E-state index in [1.807, 2.05) is 0 Å². The van der Waals surface area contributed by atoms with Gasteiger partial charge in [-0.15, -0.1) is 6.58 Å². The zero-order valence-corrected chi connectivity index (χ0v) is 10.2. The van der Waals surface area contributed by atoms with E-state index < -0.39 is 43.5 Å². The summed E-state index contributed by atoms with van der Waals surface area (Å²) < 4.78 is 142. The van der Waals surface area contributed by atoms with E-state index in [1.54, 1.807) is 0 Å². The number of hydrogen-bond donors (Lipinski definition) is 0. The molecular formula is C9H7F11O2. The van der Waals surface area contributed by atoms with E-state index in [0.717, 1.165) is 6.08 Å². The average Bonchev–Trinajstić information content (AvgIpc) is 2.25. The number of hydrogen-bond acceptors (Lipinski definition) is 2. The fraction of sp³-hybridized carbons (Fsp3) is 0.778. The lowest BCUT2D eigenvalue weighted by molar-refractivity contribution is -0.486. The van der Waals surface area contributed by atoms with Crippen molar-refractivity contribution < 1.29 is 57.8 Å².